The van der Waals surface area contributed by atoms with E-state index in [1.165, 1.54) is 12.1 Å². The van der Waals surface area contributed by atoms with E-state index in [0.717, 1.165) is 0 Å². The zero-order chi connectivity index (χ0) is 24.2. The molecule has 10 nitrogen and oxygen atoms in total. The summed E-state index contributed by atoms with van der Waals surface area (Å²) in [4.78, 5) is 27.1. The first-order valence-corrected chi connectivity index (χ1v) is 10.7. The molecule has 3 aliphatic rings. The summed E-state index contributed by atoms with van der Waals surface area (Å²) in [5.41, 5.74) is 1.91. The minimum absolute atomic E-state index is 0.00727. The third-order valence-corrected chi connectivity index (χ3v) is 7.72. The predicted octanol–water partition coefficient (Wildman–Crippen LogP) is 0.758. The number of ketones is 1. The van der Waals surface area contributed by atoms with Crippen LogP contribution in [-0.4, -0.2) is 67.4 Å². The zero-order valence-electron chi connectivity index (χ0n) is 18.0. The quantitative estimate of drug-likeness (QED) is 0.346. The summed E-state index contributed by atoms with van der Waals surface area (Å²) in [5.74, 6) is -4.56. The summed E-state index contributed by atoms with van der Waals surface area (Å²) >= 11 is 6.44. The third-order valence-electron chi connectivity index (χ3n) is 7.41. The molecule has 3 aliphatic carbocycles. The molecule has 0 saturated heterocycles. The van der Waals surface area contributed by atoms with Crippen molar-refractivity contribution in [1.82, 2.24) is 15.1 Å². The molecule has 0 saturated carbocycles. The fourth-order valence-electron chi connectivity index (χ4n) is 6.01. The summed E-state index contributed by atoms with van der Waals surface area (Å²) in [6, 6.07) is 1.90. The second-order valence-electron chi connectivity index (χ2n) is 9.35. The minimum Gasteiger partial charge on any atom is -0.510 e. The largest absolute Gasteiger partial charge is 0.510 e. The smallest absolute Gasteiger partial charge is 0.255 e. The number of Topliss-reactive ketones (excluding diaryl/α,β-unsaturated/α-hetero) is 1. The molecule has 33 heavy (non-hydrogen) atoms. The highest BCUT2D eigenvalue weighted by atomic mass is 35.5. The topological polar surface area (TPSA) is 173 Å². The van der Waals surface area contributed by atoms with Crippen molar-refractivity contribution in [2.24, 2.45) is 11.7 Å². The highest BCUT2D eigenvalue weighted by molar-refractivity contribution is 6.32. The number of carbonyl (C=O) groups is 2. The van der Waals surface area contributed by atoms with E-state index in [9.17, 15) is 30.0 Å². The molecule has 1 amide bonds. The number of amides is 1. The number of hydrogen-bond acceptors (Lipinski definition) is 8. The molecule has 174 valence electrons. The van der Waals surface area contributed by atoms with Crippen LogP contribution in [0.3, 0.4) is 0 Å². The Bertz CT molecular complexity index is 1280. The van der Waals surface area contributed by atoms with Gasteiger partial charge < -0.3 is 26.2 Å². The molecule has 0 fully saturated rings. The molecule has 0 unspecified atom stereocenters. The molecular weight excluding hydrogens is 452 g/mol. The van der Waals surface area contributed by atoms with E-state index in [1.54, 1.807) is 25.9 Å². The number of phenols is 1. The lowest BCUT2D eigenvalue weighted by Crippen LogP contribution is -2.61. The second-order valence-corrected chi connectivity index (χ2v) is 9.76. The number of rotatable bonds is 2. The van der Waals surface area contributed by atoms with Crippen LogP contribution in [-0.2, 0) is 20.8 Å². The molecule has 2 aromatic rings. The first-order valence-electron chi connectivity index (χ1n) is 10.3. The summed E-state index contributed by atoms with van der Waals surface area (Å²) in [7, 11) is 3.26. The number of hydrogen-bond donors (Lipinski definition) is 6. The first kappa shape index (κ1) is 21.9. The Kier molecular flexibility index (Phi) is 4.36. The number of carbonyl (C=O) groups excluding carboxylic acids is 2. The van der Waals surface area contributed by atoms with E-state index >= 15 is 0 Å². The molecule has 1 heterocycles. The lowest BCUT2D eigenvalue weighted by Gasteiger charge is -2.52. The van der Waals surface area contributed by atoms with Crippen LogP contribution < -0.4 is 5.73 Å². The molecule has 5 atom stereocenters. The van der Waals surface area contributed by atoms with Gasteiger partial charge in [-0.1, -0.05) is 11.6 Å². The van der Waals surface area contributed by atoms with Crippen LogP contribution in [0, 0.1) is 5.92 Å². The third kappa shape index (κ3) is 2.46. The van der Waals surface area contributed by atoms with Crippen molar-refractivity contribution < 1.29 is 30.0 Å². The van der Waals surface area contributed by atoms with Gasteiger partial charge in [0.2, 0.25) is 5.78 Å². The SMILES string of the molecule is CN(C)[C@@H]1C(O)=C(C(N)=O)C(=O)[C@@]2(O)c3[nH]nc4c3[C@H](C[C@@H]12)[C@](C)(O)c1c(Cl)ccc(O)c1-4. The van der Waals surface area contributed by atoms with E-state index in [1.807, 2.05) is 0 Å². The van der Waals surface area contributed by atoms with Gasteiger partial charge in [0.05, 0.1) is 22.9 Å². The number of aromatic nitrogens is 2. The molecular formula is C22H23ClN4O6. The number of likely N-dealkylation sites (N-methyl/N-ethyl adjacent to an activating group) is 1. The van der Waals surface area contributed by atoms with Gasteiger partial charge in [0.25, 0.3) is 5.91 Å². The summed E-state index contributed by atoms with van der Waals surface area (Å²) in [6.45, 7) is 1.55. The van der Waals surface area contributed by atoms with Crippen molar-refractivity contribution >= 4 is 23.3 Å². The molecule has 0 bridgehead atoms. The molecule has 11 heteroatoms. The van der Waals surface area contributed by atoms with Gasteiger partial charge in [0, 0.05) is 28.0 Å². The fraction of sp³-hybridized carbons (Fsp3) is 0.409. The summed E-state index contributed by atoms with van der Waals surface area (Å²) in [6.07, 6.45) is 0.0408. The maximum absolute atomic E-state index is 13.4. The van der Waals surface area contributed by atoms with E-state index in [-0.39, 0.29) is 39.7 Å². The molecule has 7 N–H and O–H groups in total. The maximum atomic E-state index is 13.4. The number of H-pyrrole nitrogens is 1. The number of fused-ring (bicyclic) bond motifs is 4. The monoisotopic (exact) mass is 474 g/mol. The Hall–Kier alpha value is -2.92. The molecule has 1 aromatic carbocycles. The Morgan fingerprint density at radius 3 is 2.58 bits per heavy atom. The number of benzene rings is 1. The van der Waals surface area contributed by atoms with Crippen LogP contribution in [0.1, 0.15) is 36.1 Å². The number of aliphatic hydroxyl groups is 3. The van der Waals surface area contributed by atoms with Gasteiger partial charge in [-0.15, -0.1) is 0 Å². The van der Waals surface area contributed by atoms with Gasteiger partial charge in [0.15, 0.2) is 5.60 Å². The number of aliphatic hydroxyl groups excluding tert-OH is 1. The van der Waals surface area contributed by atoms with Gasteiger partial charge in [-0.3, -0.25) is 19.6 Å². The standard InChI is InChI=1S/C22H23ClN4O6/c1-21(32)7-6-8-16(27(2)3)17(29)13(20(24)31)19(30)22(8,33)18-11(7)15(25-26-18)12-10(28)5-4-9(23)14(12)21/h4-5,7-8,16,28-29,32-33H,6H2,1-3H3,(H2,24,31)(H,25,26)/t7-,8-,16-,21-,22-/m0/s1. The number of aromatic amines is 1. The number of primary amides is 1. The minimum atomic E-state index is -2.27. The van der Waals surface area contributed by atoms with Crippen LogP contribution in [0.4, 0.5) is 0 Å². The highest BCUT2D eigenvalue weighted by Gasteiger charge is 2.64. The second kappa shape index (κ2) is 6.57. The van der Waals surface area contributed by atoms with Gasteiger partial charge in [-0.25, -0.2) is 0 Å². The van der Waals surface area contributed by atoms with Crippen molar-refractivity contribution in [3.05, 3.63) is 45.3 Å². The van der Waals surface area contributed by atoms with Crippen molar-refractivity contribution in [1.29, 1.82) is 0 Å². The Balaban J connectivity index is 1.86. The van der Waals surface area contributed by atoms with Crippen LogP contribution >= 0.6 is 11.6 Å². The average Bonchev–Trinajstić information content (AvgIpc) is 3.15. The van der Waals surface area contributed by atoms with E-state index in [0.29, 0.717) is 5.56 Å². The summed E-state index contributed by atoms with van der Waals surface area (Å²) in [5, 5.41) is 52.3. The molecule has 0 aliphatic heterocycles. The van der Waals surface area contributed by atoms with Crippen LogP contribution in [0.2, 0.25) is 5.02 Å². The van der Waals surface area contributed by atoms with Crippen LogP contribution in [0.15, 0.2) is 23.5 Å². The van der Waals surface area contributed by atoms with Crippen LogP contribution in [0.5, 0.6) is 5.75 Å². The molecule has 0 spiro atoms. The predicted molar refractivity (Wildman–Crippen MR) is 116 cm³/mol. The van der Waals surface area contributed by atoms with Gasteiger partial charge in [0.1, 0.15) is 22.8 Å². The Labute approximate surface area is 193 Å². The number of nitrogens with two attached hydrogens (primary N) is 1. The van der Waals surface area contributed by atoms with E-state index in [2.05, 4.69) is 10.2 Å². The van der Waals surface area contributed by atoms with E-state index in [4.69, 9.17) is 17.3 Å². The Morgan fingerprint density at radius 1 is 1.30 bits per heavy atom. The molecule has 5 rings (SSSR count). The number of halogens is 1. The van der Waals surface area contributed by atoms with E-state index < -0.39 is 52.1 Å². The van der Waals surface area contributed by atoms with Gasteiger partial charge >= 0.3 is 0 Å². The lowest BCUT2D eigenvalue weighted by atomic mass is 9.55. The van der Waals surface area contributed by atoms with Crippen molar-refractivity contribution in [2.45, 2.75) is 36.5 Å². The first-order chi connectivity index (χ1) is 15.3. The van der Waals surface area contributed by atoms with Gasteiger partial charge in [-0.05, 0) is 39.6 Å². The maximum Gasteiger partial charge on any atom is 0.255 e. The molecule has 0 radical (unpaired) electrons. The number of nitrogens with zero attached hydrogens (tertiary/aromatic N) is 2. The van der Waals surface area contributed by atoms with Crippen molar-refractivity contribution in [3.8, 4) is 17.0 Å². The van der Waals surface area contributed by atoms with Crippen LogP contribution in [0.25, 0.3) is 11.3 Å². The number of aromatic hydroxyl groups is 1. The van der Waals surface area contributed by atoms with Crippen molar-refractivity contribution in [2.75, 3.05) is 14.1 Å². The highest BCUT2D eigenvalue weighted by Crippen LogP contribution is 2.62. The zero-order valence-corrected chi connectivity index (χ0v) is 18.8. The Morgan fingerprint density at radius 2 is 1.97 bits per heavy atom. The summed E-state index contributed by atoms with van der Waals surface area (Å²) < 4.78 is 0. The van der Waals surface area contributed by atoms with Crippen molar-refractivity contribution in [3.63, 3.8) is 0 Å². The molecule has 1 aromatic heterocycles. The normalized spacial score (nSPS) is 32.5. The van der Waals surface area contributed by atoms with Gasteiger partial charge in [-0.2, -0.15) is 5.10 Å². The lowest BCUT2D eigenvalue weighted by molar-refractivity contribution is -0.154. The number of phenolic OH excluding ortho intramolecular Hbond substituents is 1. The fourth-order valence-corrected chi connectivity index (χ4v) is 6.36. The average molecular weight is 475 g/mol. The number of nitrogens with one attached hydrogen (secondary N) is 1.